The standard InChI is InChI=1S/C30H54N2O2/c1-20(2)7-6-8-21(3)25-11-12-26-24-10-9-22-19-23(34-28(33)32-18-17-31)13-15-29(22,4)27(24)14-16-30(25,26)5/h20-27H,6-19,31H2,1-5H3,(H,32,33). The zero-order valence-corrected chi connectivity index (χ0v) is 22.9. The summed E-state index contributed by atoms with van der Waals surface area (Å²) >= 11 is 0. The van der Waals surface area contributed by atoms with Gasteiger partial charge in [0, 0.05) is 13.1 Å². The van der Waals surface area contributed by atoms with E-state index in [1.54, 1.807) is 0 Å². The van der Waals surface area contributed by atoms with Gasteiger partial charge in [-0.3, -0.25) is 0 Å². The van der Waals surface area contributed by atoms with E-state index in [1.807, 2.05) is 0 Å². The van der Waals surface area contributed by atoms with Crippen LogP contribution in [0.4, 0.5) is 4.79 Å². The SMILES string of the molecule is CC(C)CCCC(C)C1CCC2C3CCC4CC(OC(=O)NCCN)CCC4(C)C3CCC12C. The number of fused-ring (bicyclic) bond motifs is 5. The molecule has 0 aromatic heterocycles. The number of carbonyl (C=O) groups excluding carboxylic acids is 1. The fourth-order valence-electron chi connectivity index (χ4n) is 9.72. The van der Waals surface area contributed by atoms with Crippen molar-refractivity contribution in [3.63, 3.8) is 0 Å². The first-order chi connectivity index (χ1) is 16.2. The highest BCUT2D eigenvalue weighted by Gasteiger charge is 2.60. The van der Waals surface area contributed by atoms with E-state index >= 15 is 0 Å². The number of rotatable bonds is 8. The van der Waals surface area contributed by atoms with Crippen LogP contribution in [-0.4, -0.2) is 25.3 Å². The van der Waals surface area contributed by atoms with Gasteiger partial charge in [0.05, 0.1) is 0 Å². The maximum Gasteiger partial charge on any atom is 0.407 e. The number of carbonyl (C=O) groups is 1. The van der Waals surface area contributed by atoms with Crippen LogP contribution >= 0.6 is 0 Å². The lowest BCUT2D eigenvalue weighted by Gasteiger charge is -2.61. The summed E-state index contributed by atoms with van der Waals surface area (Å²) in [5.74, 6) is 6.13. The van der Waals surface area contributed by atoms with Crippen molar-refractivity contribution >= 4 is 6.09 Å². The summed E-state index contributed by atoms with van der Waals surface area (Å²) in [5.41, 5.74) is 6.53. The highest BCUT2D eigenvalue weighted by Crippen LogP contribution is 2.68. The normalized spacial score (nSPS) is 42.4. The van der Waals surface area contributed by atoms with Crippen molar-refractivity contribution in [1.82, 2.24) is 5.32 Å². The van der Waals surface area contributed by atoms with Gasteiger partial charge in [-0.15, -0.1) is 0 Å². The molecule has 0 aromatic rings. The first-order valence-electron chi connectivity index (χ1n) is 14.8. The molecule has 1 amide bonds. The Morgan fingerprint density at radius 2 is 1.71 bits per heavy atom. The van der Waals surface area contributed by atoms with Gasteiger partial charge < -0.3 is 15.8 Å². The van der Waals surface area contributed by atoms with Crippen molar-refractivity contribution in [3.8, 4) is 0 Å². The van der Waals surface area contributed by atoms with Gasteiger partial charge >= 0.3 is 6.09 Å². The fraction of sp³-hybridized carbons (Fsp3) is 0.967. The van der Waals surface area contributed by atoms with Crippen LogP contribution in [0, 0.1) is 52.3 Å². The molecule has 4 aliphatic rings. The molecule has 0 radical (unpaired) electrons. The fourth-order valence-corrected chi connectivity index (χ4v) is 9.72. The predicted molar refractivity (Wildman–Crippen MR) is 140 cm³/mol. The number of nitrogens with two attached hydrogens (primary N) is 1. The number of amides is 1. The Kier molecular flexibility index (Phi) is 8.27. The van der Waals surface area contributed by atoms with E-state index in [-0.39, 0.29) is 12.2 Å². The summed E-state index contributed by atoms with van der Waals surface area (Å²) in [7, 11) is 0. The molecule has 0 saturated heterocycles. The van der Waals surface area contributed by atoms with Gasteiger partial charge in [-0.1, -0.05) is 53.9 Å². The Morgan fingerprint density at radius 3 is 2.44 bits per heavy atom. The molecule has 4 nitrogen and oxygen atoms in total. The molecular formula is C30H54N2O2. The maximum absolute atomic E-state index is 12.1. The topological polar surface area (TPSA) is 64.3 Å². The molecule has 4 fully saturated rings. The largest absolute Gasteiger partial charge is 0.446 e. The number of hydrogen-bond acceptors (Lipinski definition) is 3. The summed E-state index contributed by atoms with van der Waals surface area (Å²) in [6, 6.07) is 0. The van der Waals surface area contributed by atoms with Crippen molar-refractivity contribution < 1.29 is 9.53 Å². The molecule has 3 N–H and O–H groups in total. The van der Waals surface area contributed by atoms with Crippen molar-refractivity contribution in [1.29, 1.82) is 0 Å². The van der Waals surface area contributed by atoms with Crippen LogP contribution in [0.1, 0.15) is 112 Å². The third-order valence-corrected chi connectivity index (χ3v) is 11.5. The second-order valence-electron chi connectivity index (χ2n) is 13.7. The summed E-state index contributed by atoms with van der Waals surface area (Å²) in [4.78, 5) is 12.1. The molecule has 9 unspecified atom stereocenters. The minimum atomic E-state index is -0.277. The Labute approximate surface area is 209 Å². The Balaban J connectivity index is 1.38. The molecule has 9 atom stereocenters. The molecule has 0 bridgehead atoms. The molecule has 0 aromatic carbocycles. The van der Waals surface area contributed by atoms with Crippen molar-refractivity contribution in [2.24, 2.45) is 58.0 Å². The smallest absolute Gasteiger partial charge is 0.407 e. The molecule has 4 rings (SSSR count). The molecule has 4 heteroatoms. The Bertz CT molecular complexity index is 695. The van der Waals surface area contributed by atoms with Gasteiger partial charge in [0.25, 0.3) is 0 Å². The minimum Gasteiger partial charge on any atom is -0.446 e. The highest BCUT2D eigenvalue weighted by atomic mass is 16.6. The van der Waals surface area contributed by atoms with E-state index in [4.69, 9.17) is 10.5 Å². The lowest BCUT2D eigenvalue weighted by Crippen LogP contribution is -2.54. The predicted octanol–water partition coefficient (Wildman–Crippen LogP) is 7.16. The van der Waals surface area contributed by atoms with Gasteiger partial charge in [0.2, 0.25) is 0 Å². The number of hydrogen-bond donors (Lipinski definition) is 2. The lowest BCUT2D eigenvalue weighted by molar-refractivity contribution is -0.129. The molecule has 0 aliphatic heterocycles. The third-order valence-electron chi connectivity index (χ3n) is 11.5. The van der Waals surface area contributed by atoms with E-state index in [0.29, 0.717) is 29.8 Å². The second kappa shape index (κ2) is 10.7. The molecule has 196 valence electrons. The second-order valence-corrected chi connectivity index (χ2v) is 13.7. The average Bonchev–Trinajstić information content (AvgIpc) is 3.15. The van der Waals surface area contributed by atoms with Crippen LogP contribution < -0.4 is 11.1 Å². The number of ether oxygens (including phenoxy) is 1. The van der Waals surface area contributed by atoms with Crippen LogP contribution in [0.5, 0.6) is 0 Å². The first kappa shape index (κ1) is 26.3. The van der Waals surface area contributed by atoms with Gasteiger partial charge in [-0.05, 0) is 110 Å². The van der Waals surface area contributed by atoms with Gasteiger partial charge in [-0.2, -0.15) is 0 Å². The van der Waals surface area contributed by atoms with Crippen LogP contribution in [0.15, 0.2) is 0 Å². The van der Waals surface area contributed by atoms with Gasteiger partial charge in [0.1, 0.15) is 6.10 Å². The summed E-state index contributed by atoms with van der Waals surface area (Å²) < 4.78 is 5.79. The monoisotopic (exact) mass is 474 g/mol. The molecule has 0 spiro atoms. The summed E-state index contributed by atoms with van der Waals surface area (Å²) in [6.45, 7) is 13.6. The lowest BCUT2D eigenvalue weighted by atomic mass is 9.44. The number of nitrogens with one attached hydrogen (secondary N) is 1. The van der Waals surface area contributed by atoms with E-state index in [0.717, 1.165) is 48.3 Å². The molecule has 0 heterocycles. The molecular weight excluding hydrogens is 420 g/mol. The highest BCUT2D eigenvalue weighted by molar-refractivity contribution is 5.67. The van der Waals surface area contributed by atoms with Crippen molar-refractivity contribution in [2.75, 3.05) is 13.1 Å². The van der Waals surface area contributed by atoms with Gasteiger partial charge in [-0.25, -0.2) is 4.79 Å². The Morgan fingerprint density at radius 1 is 0.971 bits per heavy atom. The van der Waals surface area contributed by atoms with E-state index in [1.165, 1.54) is 64.2 Å². The quantitative estimate of drug-likeness (QED) is 0.392. The minimum absolute atomic E-state index is 0.0869. The van der Waals surface area contributed by atoms with E-state index in [9.17, 15) is 4.79 Å². The molecule has 34 heavy (non-hydrogen) atoms. The zero-order chi connectivity index (χ0) is 24.5. The zero-order valence-electron chi connectivity index (χ0n) is 22.9. The summed E-state index contributed by atoms with van der Waals surface area (Å²) in [6.07, 6.45) is 15.9. The van der Waals surface area contributed by atoms with Crippen LogP contribution in [0.25, 0.3) is 0 Å². The van der Waals surface area contributed by atoms with Crippen molar-refractivity contribution in [3.05, 3.63) is 0 Å². The van der Waals surface area contributed by atoms with E-state index in [2.05, 4.69) is 39.9 Å². The summed E-state index contributed by atoms with van der Waals surface area (Å²) in [5, 5.41) is 2.78. The van der Waals surface area contributed by atoms with Crippen LogP contribution in [-0.2, 0) is 4.74 Å². The molecule has 4 saturated carbocycles. The van der Waals surface area contributed by atoms with E-state index < -0.39 is 0 Å². The van der Waals surface area contributed by atoms with Crippen LogP contribution in [0.2, 0.25) is 0 Å². The van der Waals surface area contributed by atoms with Crippen LogP contribution in [0.3, 0.4) is 0 Å². The van der Waals surface area contributed by atoms with Gasteiger partial charge in [0.15, 0.2) is 0 Å². The number of alkyl carbamates (subject to hydrolysis) is 1. The average molecular weight is 475 g/mol. The third kappa shape index (κ3) is 5.04. The molecule has 4 aliphatic carbocycles. The van der Waals surface area contributed by atoms with Crippen molar-refractivity contribution in [2.45, 2.75) is 118 Å². The maximum atomic E-state index is 12.1. The first-order valence-corrected chi connectivity index (χ1v) is 14.8. The Hall–Kier alpha value is -0.770.